The maximum absolute atomic E-state index is 10.3. The normalized spacial score (nSPS) is 13.1. The second kappa shape index (κ2) is 7.40. The molecule has 0 saturated carbocycles. The topological polar surface area (TPSA) is 77.1 Å². The molecule has 1 aliphatic rings. The third-order valence-corrected chi connectivity index (χ3v) is 4.75. The fourth-order valence-electron chi connectivity index (χ4n) is 3.23. The highest BCUT2D eigenvalue weighted by Crippen LogP contribution is 2.34. The largest absolute Gasteiger partial charge is 0.507 e. The highest BCUT2D eigenvalue weighted by molar-refractivity contribution is 5.82. The Morgan fingerprint density at radius 2 is 1.90 bits per heavy atom. The van der Waals surface area contributed by atoms with Gasteiger partial charge in [-0.15, -0.1) is 0 Å². The van der Waals surface area contributed by atoms with Crippen LogP contribution in [0, 0.1) is 6.92 Å². The van der Waals surface area contributed by atoms with Gasteiger partial charge in [-0.2, -0.15) is 0 Å². The predicted molar refractivity (Wildman–Crippen MR) is 116 cm³/mol. The molecule has 2 heterocycles. The highest BCUT2D eigenvalue weighted by Gasteiger charge is 2.13. The number of hydrogen-bond donors (Lipinski definition) is 1. The number of hydrogen-bond acceptors (Lipinski definition) is 6. The summed E-state index contributed by atoms with van der Waals surface area (Å²) >= 11 is 0. The molecule has 5 rings (SSSR count). The van der Waals surface area contributed by atoms with E-state index < -0.39 is 0 Å². The summed E-state index contributed by atoms with van der Waals surface area (Å²) in [5.74, 6) is 1.95. The maximum atomic E-state index is 10.3. The van der Waals surface area contributed by atoms with Crippen molar-refractivity contribution in [2.45, 2.75) is 6.92 Å². The zero-order valence-electron chi connectivity index (χ0n) is 16.2. The van der Waals surface area contributed by atoms with Crippen molar-refractivity contribution in [2.24, 2.45) is 4.99 Å². The fourth-order valence-corrected chi connectivity index (χ4v) is 3.23. The first-order chi connectivity index (χ1) is 14.7. The average molecular weight is 398 g/mol. The number of allylic oxidation sites excluding steroid dienone is 1. The van der Waals surface area contributed by atoms with Gasteiger partial charge < -0.3 is 19.0 Å². The Morgan fingerprint density at radius 3 is 2.83 bits per heavy atom. The number of benzene rings is 3. The molecule has 1 N–H and O–H groups in total. The molecule has 0 radical (unpaired) electrons. The first kappa shape index (κ1) is 18.0. The molecule has 3 aromatic carbocycles. The summed E-state index contributed by atoms with van der Waals surface area (Å²) in [4.78, 5) is 8.94. The molecular weight excluding hydrogens is 380 g/mol. The molecule has 0 spiro atoms. The summed E-state index contributed by atoms with van der Waals surface area (Å²) in [6, 6.07) is 16.6. The molecule has 0 amide bonds. The third kappa shape index (κ3) is 3.51. The average Bonchev–Trinajstić information content (AvgIpc) is 3.38. The number of rotatable bonds is 4. The number of fused-ring (bicyclic) bond motifs is 2. The van der Waals surface area contributed by atoms with Crippen LogP contribution in [0.5, 0.6) is 17.2 Å². The predicted octanol–water partition coefficient (Wildman–Crippen LogP) is 5.65. The van der Waals surface area contributed by atoms with Crippen molar-refractivity contribution in [1.29, 1.82) is 0 Å². The van der Waals surface area contributed by atoms with Crippen LogP contribution in [0.2, 0.25) is 0 Å². The van der Waals surface area contributed by atoms with Crippen LogP contribution in [-0.4, -0.2) is 23.1 Å². The molecule has 0 fully saturated rings. The van der Waals surface area contributed by atoms with E-state index in [2.05, 4.69) is 9.98 Å². The summed E-state index contributed by atoms with van der Waals surface area (Å²) in [6.07, 6.45) is 5.46. The van der Waals surface area contributed by atoms with Gasteiger partial charge in [0, 0.05) is 6.21 Å². The summed E-state index contributed by atoms with van der Waals surface area (Å²) < 4.78 is 16.5. The molecule has 6 nitrogen and oxygen atoms in total. The first-order valence-electron chi connectivity index (χ1n) is 9.47. The van der Waals surface area contributed by atoms with Crippen LogP contribution in [0.4, 0.5) is 5.69 Å². The van der Waals surface area contributed by atoms with E-state index in [0.717, 1.165) is 28.1 Å². The number of aryl methyl sites for hydroxylation is 1. The number of phenolic OH excluding ortho intramolecular Hbond substituents is 1. The van der Waals surface area contributed by atoms with Crippen LogP contribution in [0.15, 0.2) is 70.1 Å². The molecule has 30 heavy (non-hydrogen) atoms. The molecule has 0 atom stereocenters. The smallest absolute Gasteiger partial charge is 0.231 e. The minimum Gasteiger partial charge on any atom is -0.507 e. The Bertz CT molecular complexity index is 1300. The summed E-state index contributed by atoms with van der Waals surface area (Å²) in [7, 11) is 0. The Labute approximate surface area is 172 Å². The van der Waals surface area contributed by atoms with Gasteiger partial charge >= 0.3 is 0 Å². The number of oxazole rings is 1. The summed E-state index contributed by atoms with van der Waals surface area (Å²) in [5, 5.41) is 10.3. The van der Waals surface area contributed by atoms with Crippen molar-refractivity contribution in [1.82, 2.24) is 4.98 Å². The van der Waals surface area contributed by atoms with E-state index in [4.69, 9.17) is 13.9 Å². The van der Waals surface area contributed by atoms with E-state index in [1.807, 2.05) is 55.5 Å². The van der Waals surface area contributed by atoms with Crippen LogP contribution in [-0.2, 0) is 0 Å². The first-order valence-corrected chi connectivity index (χ1v) is 9.47. The van der Waals surface area contributed by atoms with E-state index in [9.17, 15) is 5.11 Å². The molecule has 0 aliphatic carbocycles. The molecule has 148 valence electrons. The summed E-state index contributed by atoms with van der Waals surface area (Å²) in [6.45, 7) is 2.25. The second-order valence-electron chi connectivity index (χ2n) is 6.94. The van der Waals surface area contributed by atoms with Crippen LogP contribution >= 0.6 is 0 Å². The van der Waals surface area contributed by atoms with Gasteiger partial charge in [-0.25, -0.2) is 4.98 Å². The second-order valence-corrected chi connectivity index (χ2v) is 6.94. The molecule has 0 bridgehead atoms. The quantitative estimate of drug-likeness (QED) is 0.449. The highest BCUT2D eigenvalue weighted by atomic mass is 16.7. The van der Waals surface area contributed by atoms with E-state index in [1.54, 1.807) is 24.4 Å². The third-order valence-electron chi connectivity index (χ3n) is 4.75. The monoisotopic (exact) mass is 398 g/mol. The van der Waals surface area contributed by atoms with Gasteiger partial charge in [0.2, 0.25) is 12.7 Å². The van der Waals surface area contributed by atoms with E-state index in [0.29, 0.717) is 22.7 Å². The minimum absolute atomic E-state index is 0.0909. The molecule has 0 unspecified atom stereocenters. The van der Waals surface area contributed by atoms with E-state index >= 15 is 0 Å². The van der Waals surface area contributed by atoms with Crippen molar-refractivity contribution in [3.8, 4) is 28.7 Å². The van der Waals surface area contributed by atoms with Crippen molar-refractivity contribution >= 4 is 29.1 Å². The zero-order valence-corrected chi connectivity index (χ0v) is 16.2. The number of phenols is 1. The van der Waals surface area contributed by atoms with Gasteiger partial charge in [0.15, 0.2) is 17.1 Å². The lowest BCUT2D eigenvalue weighted by Crippen LogP contribution is -1.92. The molecule has 4 aromatic rings. The Balaban J connectivity index is 1.37. The lowest BCUT2D eigenvalue weighted by atomic mass is 10.1. The van der Waals surface area contributed by atoms with E-state index in [-0.39, 0.29) is 12.5 Å². The van der Waals surface area contributed by atoms with Crippen LogP contribution in [0.1, 0.15) is 11.1 Å². The maximum Gasteiger partial charge on any atom is 0.231 e. The van der Waals surface area contributed by atoms with Gasteiger partial charge in [0.25, 0.3) is 0 Å². The molecular formula is C24H18N2O4. The van der Waals surface area contributed by atoms with Crippen LogP contribution in [0.3, 0.4) is 0 Å². The number of aliphatic imine (C=N–C) groups is 1. The minimum atomic E-state index is 0.0909. The zero-order chi connectivity index (χ0) is 20.5. The Morgan fingerprint density at radius 1 is 1.00 bits per heavy atom. The van der Waals surface area contributed by atoms with Gasteiger partial charge in [0.05, 0.1) is 11.3 Å². The number of ether oxygens (including phenoxy) is 2. The van der Waals surface area contributed by atoms with Crippen LogP contribution < -0.4 is 9.47 Å². The summed E-state index contributed by atoms with van der Waals surface area (Å²) in [5.41, 5.74) is 4.69. The molecule has 1 aliphatic heterocycles. The van der Waals surface area contributed by atoms with Crippen molar-refractivity contribution in [3.05, 3.63) is 71.8 Å². The lowest BCUT2D eigenvalue weighted by Gasteiger charge is -2.01. The fraction of sp³-hybridized carbons (Fsp3) is 0.0833. The standard InChI is InChI=1S/C24H18N2O4/c1-15-4-8-21-19(11-15)26-24(30-21)18-13-17(6-7-20(18)27)25-10-2-3-16-5-9-22-23(12-16)29-14-28-22/h2-13,27H,14H2,1H3/b3-2+,25-10?. The van der Waals surface area contributed by atoms with Gasteiger partial charge in [-0.1, -0.05) is 18.2 Å². The Kier molecular flexibility index (Phi) is 4.44. The molecule has 0 saturated heterocycles. The lowest BCUT2D eigenvalue weighted by molar-refractivity contribution is 0.174. The molecule has 1 aromatic heterocycles. The van der Waals surface area contributed by atoms with Gasteiger partial charge in [-0.3, -0.25) is 4.99 Å². The van der Waals surface area contributed by atoms with Crippen LogP contribution in [0.25, 0.3) is 28.6 Å². The van der Waals surface area contributed by atoms with E-state index in [1.165, 1.54) is 0 Å². The van der Waals surface area contributed by atoms with Crippen molar-refractivity contribution < 1.29 is 19.0 Å². The van der Waals surface area contributed by atoms with Gasteiger partial charge in [-0.05, 0) is 66.6 Å². The molecule has 6 heteroatoms. The van der Waals surface area contributed by atoms with Crippen molar-refractivity contribution in [3.63, 3.8) is 0 Å². The Hall–Kier alpha value is -4.06. The van der Waals surface area contributed by atoms with Gasteiger partial charge in [0.1, 0.15) is 11.3 Å². The number of nitrogens with zero attached hydrogens (tertiary/aromatic N) is 2. The SMILES string of the molecule is Cc1ccc2oc(-c3cc(N=C/C=C/c4ccc5c(c4)OCO5)ccc3O)nc2c1. The number of aromatic hydroxyl groups is 1. The number of aromatic nitrogens is 1. The van der Waals surface area contributed by atoms with Crippen molar-refractivity contribution in [2.75, 3.05) is 6.79 Å².